The van der Waals surface area contributed by atoms with Crippen LogP contribution in [0.1, 0.15) is 89.0 Å². The molecule has 694 valence electrons. The van der Waals surface area contributed by atoms with E-state index in [1.165, 1.54) is 122 Å². The quantitative estimate of drug-likeness (QED) is 0.114. The van der Waals surface area contributed by atoms with Crippen LogP contribution in [0.25, 0.3) is 168 Å². The lowest BCUT2D eigenvalue weighted by atomic mass is 9.61. The van der Waals surface area contributed by atoms with Gasteiger partial charge in [0.15, 0.2) is 58.2 Å². The van der Waals surface area contributed by atoms with Gasteiger partial charge in [-0.1, -0.05) is 431 Å². The molecule has 0 unspecified atom stereocenters. The molecule has 0 amide bonds. The highest BCUT2D eigenvalue weighted by atomic mass is 32.1. The number of nitrogens with zero attached hydrogens (tertiary/aromatic N) is 10. The minimum Gasteiger partial charge on any atom is -0.457 e. The second-order valence-electron chi connectivity index (χ2n) is 38.1. The molecule has 0 radical (unpaired) electrons. The molecule has 6 aliphatic rings. The molecule has 1 aliphatic heterocycles. The third-order valence-electron chi connectivity index (χ3n) is 30.0. The summed E-state index contributed by atoms with van der Waals surface area (Å²) in [5.41, 5.74) is 38.0. The molecule has 5 aliphatic carbocycles. The minimum absolute atomic E-state index is 0.344. The number of ether oxygens (including phenoxy) is 1. The van der Waals surface area contributed by atoms with E-state index in [2.05, 4.69) is 279 Å². The molecule has 148 heavy (non-hydrogen) atoms. The van der Waals surface area contributed by atoms with Gasteiger partial charge in [-0.25, -0.2) is 44.9 Å². The van der Waals surface area contributed by atoms with Crippen molar-refractivity contribution in [2.45, 2.75) is 29.1 Å². The predicted octanol–water partition coefficient (Wildman–Crippen LogP) is 31.7. The molecule has 7 heterocycles. The van der Waals surface area contributed by atoms with E-state index in [0.717, 1.165) is 102 Å². The molecule has 12 nitrogen and oxygen atoms in total. The molecule has 0 atom stereocenters. The summed E-state index contributed by atoms with van der Waals surface area (Å²) >= 11 is 1.73. The Morgan fingerprint density at radius 1 is 0.182 bits per heavy atom. The second kappa shape index (κ2) is 35.8. The topological polar surface area (TPSA) is 151 Å². The van der Waals surface area contributed by atoms with Crippen molar-refractivity contribution in [3.63, 3.8) is 0 Å². The van der Waals surface area contributed by atoms with Crippen LogP contribution < -0.4 is 4.74 Å². The molecule has 0 fully saturated rings. The van der Waals surface area contributed by atoms with Crippen molar-refractivity contribution in [2.24, 2.45) is 0 Å². The lowest BCUT2D eigenvalue weighted by molar-refractivity contribution is 0.436. The SMILES string of the molecule is c1ccc(-c2nc(-c3ccccc3)nc(-c3ccc(-c4ccc5c(c4)Cc4ccccc4C54c5ccccc5-c5ccccc54)o3)n2)cc1.c1ccc(-c2nc(-c3ccccc3)nc(-c3ccc(-c4ccc5c(c4)Cc4ccccc4C54c5ccccc5-c5ccccc54)s3)n2)cc1.c1ccc(-c2nc(-c3ccccc3)nc(-c3cccnc3-c3ccc4c(c3)Oc3ccccc3C43c4ccccc4-c4ccccc43)n2)cc1. The fourth-order valence-electron chi connectivity index (χ4n) is 23.7. The molecule has 0 bridgehead atoms. The van der Waals surface area contributed by atoms with E-state index in [0.29, 0.717) is 58.2 Å². The van der Waals surface area contributed by atoms with Crippen LogP contribution in [0.15, 0.2) is 502 Å². The Bertz CT molecular complexity index is 8690. The normalized spacial score (nSPS) is 13.3. The third kappa shape index (κ3) is 14.2. The van der Waals surface area contributed by atoms with Crippen LogP contribution in [-0.2, 0) is 29.1 Å². The Morgan fingerprint density at radius 2 is 0.480 bits per heavy atom. The molecular weight excluding hydrogens is 1830 g/mol. The van der Waals surface area contributed by atoms with Crippen LogP contribution in [0.5, 0.6) is 11.5 Å². The van der Waals surface area contributed by atoms with Gasteiger partial charge < -0.3 is 9.15 Å². The molecule has 6 aromatic heterocycles. The Labute approximate surface area is 859 Å². The highest BCUT2D eigenvalue weighted by Gasteiger charge is 2.54. The standard InChI is InChI=1S/C45H28N4O.C45H29N3O.C45H29N3S/c1-3-14-29(15-4-1)42-47-43(30-16-5-2-6-17-30)49-44(48-42)34-20-13-27-46-41(34)31-25-26-38-40(28-31)50-39-24-12-11-23-37(39)45(38)35-21-9-7-18-32(35)33-19-8-10-22-36(33)45;2*1-3-13-29(14-4-1)42-46-43(30-15-5-2-6-16-30)48-44(47-42)41-26-25-40(49-41)32-23-24-37-33(28-32)27-31-17-7-10-20-36(31)45(37)38-21-11-8-18-34(38)35-19-9-12-22-39(35)45/h1-28H;2*1-26,28H,27H2. The summed E-state index contributed by atoms with van der Waals surface area (Å²) in [7, 11) is 0. The van der Waals surface area contributed by atoms with E-state index in [1.54, 1.807) is 11.3 Å². The zero-order valence-electron chi connectivity index (χ0n) is 80.0. The molecular formula is C135H86N10O2S. The highest BCUT2D eigenvalue weighted by molar-refractivity contribution is 7.18. The van der Waals surface area contributed by atoms with E-state index in [1.807, 2.05) is 219 Å². The van der Waals surface area contributed by atoms with E-state index in [4.69, 9.17) is 59.0 Å². The summed E-state index contributed by atoms with van der Waals surface area (Å²) < 4.78 is 13.4. The zero-order valence-corrected chi connectivity index (χ0v) is 80.8. The number of rotatable bonds is 12. The van der Waals surface area contributed by atoms with Crippen molar-refractivity contribution in [1.29, 1.82) is 0 Å². The van der Waals surface area contributed by atoms with Gasteiger partial charge in [0.05, 0.1) is 26.8 Å². The smallest absolute Gasteiger partial charge is 0.199 e. The Morgan fingerprint density at radius 3 is 0.905 bits per heavy atom. The highest BCUT2D eigenvalue weighted by Crippen LogP contribution is 2.65. The van der Waals surface area contributed by atoms with Crippen LogP contribution >= 0.6 is 11.3 Å². The first kappa shape index (κ1) is 86.8. The number of benzene rings is 18. The number of hydrogen-bond acceptors (Lipinski definition) is 13. The van der Waals surface area contributed by atoms with Crippen LogP contribution in [-0.4, -0.2) is 49.8 Å². The lowest BCUT2D eigenvalue weighted by Crippen LogP contribution is -2.34. The molecule has 0 saturated carbocycles. The third-order valence-corrected chi connectivity index (χ3v) is 31.1. The van der Waals surface area contributed by atoms with Crippen LogP contribution in [0.3, 0.4) is 0 Å². The number of hydrogen-bond donors (Lipinski definition) is 0. The van der Waals surface area contributed by atoms with E-state index in [-0.39, 0.29) is 10.8 Å². The monoisotopic (exact) mass is 1910 g/mol. The number of pyridine rings is 1. The summed E-state index contributed by atoms with van der Waals surface area (Å²) in [6.45, 7) is 0. The van der Waals surface area contributed by atoms with Gasteiger partial charge in [0, 0.05) is 72.3 Å². The largest absolute Gasteiger partial charge is 0.457 e. The van der Waals surface area contributed by atoms with Gasteiger partial charge in [-0.3, -0.25) is 4.98 Å². The Balaban J connectivity index is 0.000000107. The first-order valence-electron chi connectivity index (χ1n) is 50.0. The van der Waals surface area contributed by atoms with Gasteiger partial charge in [0.1, 0.15) is 17.3 Å². The van der Waals surface area contributed by atoms with Crippen molar-refractivity contribution >= 4 is 11.3 Å². The van der Waals surface area contributed by atoms with Crippen molar-refractivity contribution in [3.05, 3.63) is 587 Å². The van der Waals surface area contributed by atoms with Crippen molar-refractivity contribution in [3.8, 4) is 180 Å². The summed E-state index contributed by atoms with van der Waals surface area (Å²) in [5.74, 6) is 8.56. The maximum Gasteiger partial charge on any atom is 0.199 e. The van der Waals surface area contributed by atoms with Gasteiger partial charge in [0.2, 0.25) is 0 Å². The summed E-state index contributed by atoms with van der Waals surface area (Å²) in [6.07, 6.45) is 3.57. The van der Waals surface area contributed by atoms with E-state index in [9.17, 15) is 0 Å². The number of thiophene rings is 1. The molecule has 3 spiro atoms. The Hall–Kier alpha value is -19.1. The summed E-state index contributed by atoms with van der Waals surface area (Å²) in [4.78, 5) is 51.5. The van der Waals surface area contributed by atoms with Gasteiger partial charge in [-0.15, -0.1) is 11.3 Å². The lowest BCUT2D eigenvalue weighted by Gasteiger charge is -2.40. The van der Waals surface area contributed by atoms with Gasteiger partial charge in [-0.05, 0) is 190 Å². The minimum atomic E-state index is -0.522. The fraction of sp³-hybridized carbons (Fsp3) is 0.0370. The van der Waals surface area contributed by atoms with Crippen molar-refractivity contribution < 1.29 is 9.15 Å². The number of furan rings is 1. The summed E-state index contributed by atoms with van der Waals surface area (Å²) in [5, 5.41) is 0. The first-order valence-corrected chi connectivity index (χ1v) is 50.9. The average Bonchev–Trinajstić information content (AvgIpc) is 1.49. The van der Waals surface area contributed by atoms with Crippen molar-refractivity contribution in [1.82, 2.24) is 49.8 Å². The maximum atomic E-state index is 6.79. The number of aromatic nitrogens is 10. The van der Waals surface area contributed by atoms with Gasteiger partial charge >= 0.3 is 0 Å². The van der Waals surface area contributed by atoms with Crippen LogP contribution in [0, 0.1) is 0 Å². The predicted molar refractivity (Wildman–Crippen MR) is 590 cm³/mol. The van der Waals surface area contributed by atoms with E-state index < -0.39 is 5.41 Å². The molecule has 24 aromatic rings. The van der Waals surface area contributed by atoms with Gasteiger partial charge in [-0.2, -0.15) is 0 Å². The Kier molecular flexibility index (Phi) is 21.0. The van der Waals surface area contributed by atoms with Gasteiger partial charge in [0.25, 0.3) is 0 Å². The summed E-state index contributed by atoms with van der Waals surface area (Å²) in [6, 6.07) is 173. The molecule has 30 rings (SSSR count). The van der Waals surface area contributed by atoms with E-state index >= 15 is 0 Å². The molecule has 0 saturated heterocycles. The number of fused-ring (bicyclic) bond motifs is 27. The number of para-hydroxylation sites is 1. The zero-order chi connectivity index (χ0) is 97.8. The van der Waals surface area contributed by atoms with Crippen LogP contribution in [0.4, 0.5) is 0 Å². The molecule has 13 heteroatoms. The van der Waals surface area contributed by atoms with Crippen molar-refractivity contribution in [2.75, 3.05) is 0 Å². The average molecular weight is 1910 g/mol. The fourth-order valence-corrected chi connectivity index (χ4v) is 24.7. The second-order valence-corrected chi connectivity index (χ2v) is 39.2. The van der Waals surface area contributed by atoms with Crippen LogP contribution in [0.2, 0.25) is 0 Å². The first-order chi connectivity index (χ1) is 73.3. The molecule has 0 N–H and O–H groups in total. The molecule has 18 aromatic carbocycles. The maximum absolute atomic E-state index is 6.79.